The van der Waals surface area contributed by atoms with E-state index in [9.17, 15) is 18.3 Å². The molecule has 1 N–H and O–H groups in total. The van der Waals surface area contributed by atoms with Gasteiger partial charge >= 0.3 is 5.51 Å². The molecule has 0 spiro atoms. The van der Waals surface area contributed by atoms with E-state index in [1.165, 1.54) is 0 Å². The molecule has 0 bridgehead atoms. The van der Waals surface area contributed by atoms with Gasteiger partial charge in [0.25, 0.3) is 0 Å². The van der Waals surface area contributed by atoms with Gasteiger partial charge in [0.2, 0.25) is 0 Å². The monoisotopic (exact) mass is 284 g/mol. The Morgan fingerprint density at radius 1 is 1.29 bits per heavy atom. The number of aliphatic hydroxyl groups is 1. The molecule has 0 aliphatic carbocycles. The summed E-state index contributed by atoms with van der Waals surface area (Å²) in [5, 5.41) is 9.66. The highest BCUT2D eigenvalue weighted by Crippen LogP contribution is 2.34. The molecule has 1 rings (SSSR count). The Labute approximate surface area is 107 Å². The van der Waals surface area contributed by atoms with Crippen molar-refractivity contribution in [1.82, 2.24) is 0 Å². The molecule has 0 amide bonds. The minimum atomic E-state index is -4.22. The third-order valence-electron chi connectivity index (χ3n) is 2.30. The molecule has 0 radical (unpaired) electrons. The lowest BCUT2D eigenvalue weighted by atomic mass is 9.97. The van der Waals surface area contributed by atoms with Crippen LogP contribution in [-0.4, -0.2) is 23.0 Å². The standard InChI is InChI=1S/C11H12ClF3OS/c12-10-4-2-1-3-9(10)8(7-16)5-6-17-11(13,14)15/h1-4,8,16H,5-7H2. The predicted molar refractivity (Wildman–Crippen MR) is 64.4 cm³/mol. The minimum Gasteiger partial charge on any atom is -0.396 e. The molecule has 96 valence electrons. The van der Waals surface area contributed by atoms with Crippen molar-refractivity contribution in [1.29, 1.82) is 0 Å². The fourth-order valence-corrected chi connectivity index (χ4v) is 2.39. The molecule has 1 aromatic rings. The second-order valence-electron chi connectivity index (χ2n) is 3.48. The van der Waals surface area contributed by atoms with Crippen LogP contribution in [0, 0.1) is 0 Å². The molecule has 0 heterocycles. The van der Waals surface area contributed by atoms with Gasteiger partial charge in [-0.05, 0) is 18.1 Å². The lowest BCUT2D eigenvalue weighted by Crippen LogP contribution is -2.09. The molecule has 17 heavy (non-hydrogen) atoms. The van der Waals surface area contributed by atoms with Gasteiger partial charge in [0.15, 0.2) is 0 Å². The number of rotatable bonds is 5. The van der Waals surface area contributed by atoms with E-state index in [0.29, 0.717) is 10.6 Å². The van der Waals surface area contributed by atoms with Gasteiger partial charge in [-0.1, -0.05) is 41.6 Å². The molecular weight excluding hydrogens is 273 g/mol. The van der Waals surface area contributed by atoms with Gasteiger partial charge < -0.3 is 5.11 Å². The Hall–Kier alpha value is -0.390. The Kier molecular flexibility index (Phi) is 5.62. The Morgan fingerprint density at radius 2 is 1.94 bits per heavy atom. The van der Waals surface area contributed by atoms with Crippen molar-refractivity contribution in [3.05, 3.63) is 34.9 Å². The summed E-state index contributed by atoms with van der Waals surface area (Å²) in [4.78, 5) is 0. The lowest BCUT2D eigenvalue weighted by Gasteiger charge is -2.16. The van der Waals surface area contributed by atoms with E-state index in [1.807, 2.05) is 0 Å². The van der Waals surface area contributed by atoms with E-state index in [1.54, 1.807) is 24.3 Å². The Morgan fingerprint density at radius 3 is 2.47 bits per heavy atom. The Bertz CT molecular complexity index is 357. The highest BCUT2D eigenvalue weighted by atomic mass is 35.5. The highest BCUT2D eigenvalue weighted by molar-refractivity contribution is 8.00. The molecule has 0 aliphatic rings. The van der Waals surface area contributed by atoms with Crippen molar-refractivity contribution in [2.45, 2.75) is 17.8 Å². The number of alkyl halides is 3. The van der Waals surface area contributed by atoms with Gasteiger partial charge in [0, 0.05) is 16.7 Å². The van der Waals surface area contributed by atoms with Crippen LogP contribution in [0.4, 0.5) is 13.2 Å². The number of halogens is 4. The van der Waals surface area contributed by atoms with E-state index in [4.69, 9.17) is 11.6 Å². The zero-order valence-corrected chi connectivity index (χ0v) is 10.4. The smallest absolute Gasteiger partial charge is 0.396 e. The molecule has 1 nitrogen and oxygen atoms in total. The summed E-state index contributed by atoms with van der Waals surface area (Å²) in [6, 6.07) is 6.88. The predicted octanol–water partition coefficient (Wildman–Crippen LogP) is 4.06. The summed E-state index contributed by atoms with van der Waals surface area (Å²) in [5.74, 6) is -0.432. The van der Waals surface area contributed by atoms with E-state index in [-0.39, 0.29) is 36.5 Å². The second kappa shape index (κ2) is 6.52. The zero-order valence-electron chi connectivity index (χ0n) is 8.88. The quantitative estimate of drug-likeness (QED) is 0.880. The van der Waals surface area contributed by atoms with E-state index in [2.05, 4.69) is 0 Å². The van der Waals surface area contributed by atoms with Crippen LogP contribution in [0.15, 0.2) is 24.3 Å². The molecule has 0 aromatic heterocycles. The minimum absolute atomic E-state index is 0.0764. The third-order valence-corrected chi connectivity index (χ3v) is 3.41. The molecule has 0 saturated heterocycles. The summed E-state index contributed by atoms with van der Waals surface area (Å²) >= 11 is 5.85. The van der Waals surface area contributed by atoms with Gasteiger partial charge in [-0.3, -0.25) is 0 Å². The van der Waals surface area contributed by atoms with E-state index in [0.717, 1.165) is 0 Å². The number of thioether (sulfide) groups is 1. The molecule has 1 atom stereocenters. The third kappa shape index (κ3) is 5.19. The first-order valence-electron chi connectivity index (χ1n) is 5.00. The summed E-state index contributed by atoms with van der Waals surface area (Å²) in [7, 11) is 0. The summed E-state index contributed by atoms with van der Waals surface area (Å²) in [6.07, 6.45) is 0.240. The topological polar surface area (TPSA) is 20.2 Å². The van der Waals surface area contributed by atoms with Crippen molar-refractivity contribution in [2.24, 2.45) is 0 Å². The average molecular weight is 285 g/mol. The molecular formula is C11H12ClF3OS. The number of benzene rings is 1. The zero-order chi connectivity index (χ0) is 12.9. The van der Waals surface area contributed by atoms with Gasteiger partial charge in [-0.25, -0.2) is 0 Å². The molecule has 1 aromatic carbocycles. The maximum absolute atomic E-state index is 12.0. The van der Waals surface area contributed by atoms with Gasteiger partial charge in [0.05, 0.1) is 6.61 Å². The van der Waals surface area contributed by atoms with Crippen LogP contribution in [0.2, 0.25) is 5.02 Å². The normalized spacial score (nSPS) is 13.7. The fourth-order valence-electron chi connectivity index (χ4n) is 1.47. The summed E-state index contributed by atoms with van der Waals surface area (Å²) in [6.45, 7) is -0.206. The van der Waals surface area contributed by atoms with Crippen LogP contribution < -0.4 is 0 Å². The van der Waals surface area contributed by atoms with Crippen LogP contribution in [0.5, 0.6) is 0 Å². The largest absolute Gasteiger partial charge is 0.441 e. The second-order valence-corrected chi connectivity index (χ2v) is 5.05. The maximum Gasteiger partial charge on any atom is 0.441 e. The first-order valence-corrected chi connectivity index (χ1v) is 6.36. The molecule has 0 fully saturated rings. The first-order chi connectivity index (χ1) is 7.94. The van der Waals surface area contributed by atoms with Crippen LogP contribution >= 0.6 is 23.4 Å². The molecule has 0 saturated carbocycles. The first kappa shape index (κ1) is 14.7. The van der Waals surface area contributed by atoms with Crippen molar-refractivity contribution >= 4 is 23.4 Å². The number of hydrogen-bond donors (Lipinski definition) is 1. The SMILES string of the molecule is OCC(CCSC(F)(F)F)c1ccccc1Cl. The van der Waals surface area contributed by atoms with Gasteiger partial charge in [-0.2, -0.15) is 13.2 Å². The summed E-state index contributed by atoms with van der Waals surface area (Å²) in [5.41, 5.74) is -3.53. The Balaban J connectivity index is 2.58. The van der Waals surface area contributed by atoms with E-state index >= 15 is 0 Å². The molecule has 0 aliphatic heterocycles. The van der Waals surface area contributed by atoms with Crippen molar-refractivity contribution in [3.63, 3.8) is 0 Å². The van der Waals surface area contributed by atoms with Crippen molar-refractivity contribution < 1.29 is 18.3 Å². The highest BCUT2D eigenvalue weighted by Gasteiger charge is 2.28. The fraction of sp³-hybridized carbons (Fsp3) is 0.455. The molecule has 6 heteroatoms. The van der Waals surface area contributed by atoms with E-state index < -0.39 is 5.51 Å². The van der Waals surface area contributed by atoms with Crippen molar-refractivity contribution in [2.75, 3.05) is 12.4 Å². The lowest BCUT2D eigenvalue weighted by molar-refractivity contribution is -0.0328. The van der Waals surface area contributed by atoms with Crippen LogP contribution in [0.1, 0.15) is 17.9 Å². The number of aliphatic hydroxyl groups excluding tert-OH is 1. The summed E-state index contributed by atoms with van der Waals surface area (Å²) < 4.78 is 35.9. The van der Waals surface area contributed by atoms with Gasteiger partial charge in [-0.15, -0.1) is 0 Å². The average Bonchev–Trinajstić information content (AvgIpc) is 2.24. The van der Waals surface area contributed by atoms with Gasteiger partial charge in [0.1, 0.15) is 0 Å². The van der Waals surface area contributed by atoms with Crippen LogP contribution in [0.25, 0.3) is 0 Å². The van der Waals surface area contributed by atoms with Crippen LogP contribution in [-0.2, 0) is 0 Å². The maximum atomic E-state index is 12.0. The number of hydrogen-bond acceptors (Lipinski definition) is 2. The van der Waals surface area contributed by atoms with Crippen molar-refractivity contribution in [3.8, 4) is 0 Å². The molecule has 1 unspecified atom stereocenters. The van der Waals surface area contributed by atoms with Crippen LogP contribution in [0.3, 0.4) is 0 Å².